The third-order valence-electron chi connectivity index (χ3n) is 5.63. The number of likely N-dealkylation sites (tertiary alicyclic amines) is 1. The first-order chi connectivity index (χ1) is 12.9. The van der Waals surface area contributed by atoms with E-state index in [2.05, 4.69) is 45.5 Å². The zero-order valence-corrected chi connectivity index (χ0v) is 19.4. The lowest BCUT2D eigenvalue weighted by molar-refractivity contribution is 0.188. The molecule has 5 nitrogen and oxygen atoms in total. The van der Waals surface area contributed by atoms with Crippen LogP contribution < -0.4 is 5.32 Å². The summed E-state index contributed by atoms with van der Waals surface area (Å²) >= 11 is 0. The molecule has 2 heterocycles. The van der Waals surface area contributed by atoms with Crippen LogP contribution in [0.3, 0.4) is 0 Å². The molecule has 1 fully saturated rings. The van der Waals surface area contributed by atoms with Gasteiger partial charge >= 0.3 is 0 Å². The van der Waals surface area contributed by atoms with Gasteiger partial charge in [0, 0.05) is 44.5 Å². The molecule has 0 bridgehead atoms. The molecule has 1 aliphatic rings. The SMILES string of the molecule is CN=C(NCC(C)(C)c1cccc(F)c1)N1CCC(C)C(n2ccnc2)C1.I. The van der Waals surface area contributed by atoms with Crippen LogP contribution >= 0.6 is 24.0 Å². The van der Waals surface area contributed by atoms with Crippen molar-refractivity contribution in [3.63, 3.8) is 0 Å². The van der Waals surface area contributed by atoms with Gasteiger partial charge in [-0.1, -0.05) is 32.9 Å². The summed E-state index contributed by atoms with van der Waals surface area (Å²) in [6, 6.07) is 7.23. The smallest absolute Gasteiger partial charge is 0.193 e. The molecule has 0 radical (unpaired) electrons. The summed E-state index contributed by atoms with van der Waals surface area (Å²) < 4.78 is 15.8. The molecule has 3 rings (SSSR count). The number of piperidine rings is 1. The highest BCUT2D eigenvalue weighted by Crippen LogP contribution is 2.28. The lowest BCUT2D eigenvalue weighted by Gasteiger charge is -2.40. The predicted molar refractivity (Wildman–Crippen MR) is 123 cm³/mol. The van der Waals surface area contributed by atoms with Crippen LogP contribution in [0.4, 0.5) is 4.39 Å². The van der Waals surface area contributed by atoms with Gasteiger partial charge in [-0.3, -0.25) is 4.99 Å². The fourth-order valence-electron chi connectivity index (χ4n) is 3.74. The molecule has 1 aromatic heterocycles. The molecule has 0 amide bonds. The van der Waals surface area contributed by atoms with Crippen molar-refractivity contribution in [3.8, 4) is 0 Å². The first-order valence-electron chi connectivity index (χ1n) is 9.60. The number of imidazole rings is 1. The lowest BCUT2D eigenvalue weighted by Crippen LogP contribution is -2.51. The van der Waals surface area contributed by atoms with Gasteiger partial charge in [-0.15, -0.1) is 24.0 Å². The standard InChI is InChI=1S/C21H30FN5.HI/c1-16-8-10-26(13-19(16)27-11-9-24-15-27)20(23-4)25-14-21(2,3)17-6-5-7-18(22)12-17;/h5-7,9,11-12,15-16,19H,8,10,13-14H2,1-4H3,(H,23,25);1H. The minimum atomic E-state index is -0.204. The molecule has 2 aromatic rings. The van der Waals surface area contributed by atoms with Crippen molar-refractivity contribution in [3.05, 3.63) is 54.4 Å². The third kappa shape index (κ3) is 5.24. The lowest BCUT2D eigenvalue weighted by atomic mass is 9.84. The van der Waals surface area contributed by atoms with Crippen molar-refractivity contribution in [1.82, 2.24) is 19.8 Å². The van der Waals surface area contributed by atoms with E-state index >= 15 is 0 Å². The molecule has 1 saturated heterocycles. The average molecular weight is 499 g/mol. The number of halogens is 2. The first-order valence-corrected chi connectivity index (χ1v) is 9.60. The molecule has 154 valence electrons. The van der Waals surface area contributed by atoms with Crippen LogP contribution in [0.25, 0.3) is 0 Å². The molecule has 1 N–H and O–H groups in total. The summed E-state index contributed by atoms with van der Waals surface area (Å²) in [4.78, 5) is 11.0. The molecule has 28 heavy (non-hydrogen) atoms. The highest BCUT2D eigenvalue weighted by atomic mass is 127. The fraction of sp³-hybridized carbons (Fsp3) is 0.524. The third-order valence-corrected chi connectivity index (χ3v) is 5.63. The minimum Gasteiger partial charge on any atom is -0.355 e. The maximum absolute atomic E-state index is 13.6. The molecule has 2 atom stereocenters. The van der Waals surface area contributed by atoms with E-state index < -0.39 is 0 Å². The van der Waals surface area contributed by atoms with Crippen molar-refractivity contribution >= 4 is 29.9 Å². The molecular weight excluding hydrogens is 468 g/mol. The van der Waals surface area contributed by atoms with Crippen LogP contribution in [0.2, 0.25) is 0 Å². The van der Waals surface area contributed by atoms with Crippen LogP contribution in [-0.4, -0.2) is 47.1 Å². The Kier molecular flexibility index (Phi) is 7.86. The van der Waals surface area contributed by atoms with E-state index in [1.54, 1.807) is 12.1 Å². The van der Waals surface area contributed by atoms with Gasteiger partial charge in [-0.2, -0.15) is 0 Å². The second kappa shape index (κ2) is 9.71. The first kappa shape index (κ1) is 22.6. The Morgan fingerprint density at radius 1 is 1.39 bits per heavy atom. The zero-order valence-electron chi connectivity index (χ0n) is 17.1. The summed E-state index contributed by atoms with van der Waals surface area (Å²) in [6.07, 6.45) is 6.87. The Morgan fingerprint density at radius 3 is 2.82 bits per heavy atom. The number of nitrogens with zero attached hydrogens (tertiary/aromatic N) is 4. The maximum Gasteiger partial charge on any atom is 0.193 e. The van der Waals surface area contributed by atoms with Crippen molar-refractivity contribution in [1.29, 1.82) is 0 Å². The topological polar surface area (TPSA) is 45.5 Å². The van der Waals surface area contributed by atoms with E-state index in [0.717, 1.165) is 31.0 Å². The normalized spacial score (nSPS) is 20.6. The van der Waals surface area contributed by atoms with Crippen LogP contribution in [-0.2, 0) is 5.41 Å². The van der Waals surface area contributed by atoms with Crippen LogP contribution in [0.1, 0.15) is 38.8 Å². The van der Waals surface area contributed by atoms with Crippen LogP contribution in [0.5, 0.6) is 0 Å². The number of guanidine groups is 1. The predicted octanol–water partition coefficient (Wildman–Crippen LogP) is 4.08. The average Bonchev–Trinajstić information content (AvgIpc) is 3.18. The molecule has 7 heteroatoms. The van der Waals surface area contributed by atoms with Gasteiger partial charge in [-0.05, 0) is 30.0 Å². The summed E-state index contributed by atoms with van der Waals surface area (Å²) in [6.45, 7) is 9.10. The van der Waals surface area contributed by atoms with Crippen molar-refractivity contribution < 1.29 is 4.39 Å². The van der Waals surface area contributed by atoms with E-state index in [0.29, 0.717) is 18.5 Å². The monoisotopic (exact) mass is 499 g/mol. The van der Waals surface area contributed by atoms with E-state index in [4.69, 9.17) is 0 Å². The zero-order chi connectivity index (χ0) is 19.4. The Morgan fingerprint density at radius 2 is 2.18 bits per heavy atom. The van der Waals surface area contributed by atoms with E-state index in [1.807, 2.05) is 31.8 Å². The molecule has 0 saturated carbocycles. The Hall–Kier alpha value is -1.64. The quantitative estimate of drug-likeness (QED) is 0.392. The maximum atomic E-state index is 13.6. The minimum absolute atomic E-state index is 0. The van der Waals surface area contributed by atoms with Crippen LogP contribution in [0.15, 0.2) is 48.0 Å². The van der Waals surface area contributed by atoms with Gasteiger partial charge < -0.3 is 14.8 Å². The second-order valence-electron chi connectivity index (χ2n) is 8.08. The van der Waals surface area contributed by atoms with Crippen LogP contribution in [0, 0.1) is 11.7 Å². The van der Waals surface area contributed by atoms with Crippen molar-refractivity contribution in [2.24, 2.45) is 10.9 Å². The van der Waals surface area contributed by atoms with Crippen molar-refractivity contribution in [2.45, 2.75) is 38.6 Å². The number of aliphatic imine (C=N–C) groups is 1. The molecule has 1 aliphatic heterocycles. The summed E-state index contributed by atoms with van der Waals surface area (Å²) in [5, 5.41) is 3.51. The Labute approximate surface area is 184 Å². The molecule has 0 spiro atoms. The second-order valence-corrected chi connectivity index (χ2v) is 8.08. The molecular formula is C21H31FIN5. The Balaban J connectivity index is 0.00000280. The molecule has 2 unspecified atom stereocenters. The van der Waals surface area contributed by atoms with Gasteiger partial charge in [0.15, 0.2) is 5.96 Å². The summed E-state index contributed by atoms with van der Waals surface area (Å²) in [5.74, 6) is 1.30. The molecule has 0 aliphatic carbocycles. The van der Waals surface area contributed by atoms with E-state index in [-0.39, 0.29) is 35.2 Å². The largest absolute Gasteiger partial charge is 0.355 e. The summed E-state index contributed by atoms with van der Waals surface area (Å²) in [7, 11) is 1.82. The Bertz CT molecular complexity index is 775. The highest BCUT2D eigenvalue weighted by molar-refractivity contribution is 14.0. The number of rotatable bonds is 4. The molecule has 1 aromatic carbocycles. The highest BCUT2D eigenvalue weighted by Gasteiger charge is 2.30. The van der Waals surface area contributed by atoms with Gasteiger partial charge in [0.1, 0.15) is 5.82 Å². The van der Waals surface area contributed by atoms with E-state index in [1.165, 1.54) is 6.07 Å². The van der Waals surface area contributed by atoms with Gasteiger partial charge in [-0.25, -0.2) is 9.37 Å². The fourth-order valence-corrected chi connectivity index (χ4v) is 3.74. The van der Waals surface area contributed by atoms with Gasteiger partial charge in [0.25, 0.3) is 0 Å². The number of hydrogen-bond acceptors (Lipinski definition) is 2. The van der Waals surface area contributed by atoms with E-state index in [9.17, 15) is 4.39 Å². The number of aromatic nitrogens is 2. The number of hydrogen-bond donors (Lipinski definition) is 1. The van der Waals surface area contributed by atoms with Gasteiger partial charge in [0.2, 0.25) is 0 Å². The number of benzene rings is 1. The number of nitrogens with one attached hydrogen (secondary N) is 1. The van der Waals surface area contributed by atoms with Crippen molar-refractivity contribution in [2.75, 3.05) is 26.7 Å². The van der Waals surface area contributed by atoms with Gasteiger partial charge in [0.05, 0.1) is 12.4 Å². The summed E-state index contributed by atoms with van der Waals surface area (Å²) in [5.41, 5.74) is 0.777.